The highest BCUT2D eigenvalue weighted by Crippen LogP contribution is 2.44. The van der Waals surface area contributed by atoms with E-state index in [0.29, 0.717) is 0 Å². The highest BCUT2D eigenvalue weighted by Gasteiger charge is 2.53. The van der Waals surface area contributed by atoms with Gasteiger partial charge in [0, 0.05) is 31.4 Å². The number of hydrogen-bond donors (Lipinski definition) is 0. The van der Waals surface area contributed by atoms with Crippen LogP contribution in [0, 0.1) is 13.8 Å². The Morgan fingerprint density at radius 1 is 0.879 bits per heavy atom. The molecule has 3 nitrogen and oxygen atoms in total. The molecule has 1 aliphatic rings. The molecule has 1 aliphatic heterocycles. The van der Waals surface area contributed by atoms with Crippen LogP contribution in [0.25, 0.3) is 27.3 Å². The SMILES string of the molecule is CCc1ccc(C)cc1-c1cccc2[n+]1-p1c3ccc(C)cc3c3cccc([n+]31)C2(C)OC. The molecule has 0 bridgehead atoms. The first-order valence-electron chi connectivity index (χ1n) is 11.7. The predicted molar refractivity (Wildman–Crippen MR) is 135 cm³/mol. The maximum Gasteiger partial charge on any atom is 0.448 e. The van der Waals surface area contributed by atoms with Crippen LogP contribution in [0.2, 0.25) is 0 Å². The molecule has 4 heteroatoms. The van der Waals surface area contributed by atoms with Gasteiger partial charge in [0.05, 0.1) is 10.9 Å². The summed E-state index contributed by atoms with van der Waals surface area (Å²) in [6.45, 7) is 8.82. The minimum Gasteiger partial charge on any atom is -0.358 e. The van der Waals surface area contributed by atoms with E-state index in [1.807, 2.05) is 7.11 Å². The Hall–Kier alpha value is -3.00. The molecule has 0 amide bonds. The van der Waals surface area contributed by atoms with Crippen molar-refractivity contribution in [1.29, 1.82) is 0 Å². The molecule has 0 N–H and O–H groups in total. The van der Waals surface area contributed by atoms with E-state index in [9.17, 15) is 0 Å². The molecule has 0 spiro atoms. The van der Waals surface area contributed by atoms with Gasteiger partial charge in [-0.25, -0.2) is 0 Å². The summed E-state index contributed by atoms with van der Waals surface area (Å²) in [4.78, 5) is 0. The van der Waals surface area contributed by atoms with Crippen molar-refractivity contribution in [3.63, 3.8) is 0 Å². The number of benzene rings is 2. The molecule has 2 atom stereocenters. The quantitative estimate of drug-likeness (QED) is 0.317. The molecule has 3 aromatic heterocycles. The maximum atomic E-state index is 6.33. The molecule has 5 aromatic rings. The van der Waals surface area contributed by atoms with Crippen molar-refractivity contribution in [3.05, 3.63) is 101 Å². The van der Waals surface area contributed by atoms with Crippen molar-refractivity contribution in [2.24, 2.45) is 0 Å². The average Bonchev–Trinajstić information content (AvgIpc) is 3.16. The molecule has 4 heterocycles. The van der Waals surface area contributed by atoms with E-state index in [-0.39, 0.29) is 0 Å². The largest absolute Gasteiger partial charge is 0.448 e. The van der Waals surface area contributed by atoms with Crippen molar-refractivity contribution >= 4 is 23.9 Å². The van der Waals surface area contributed by atoms with Gasteiger partial charge in [0.2, 0.25) is 28.2 Å². The minimum absolute atomic E-state index is 0.544. The third-order valence-electron chi connectivity index (χ3n) is 7.26. The fourth-order valence-corrected chi connectivity index (χ4v) is 8.35. The van der Waals surface area contributed by atoms with Crippen LogP contribution in [0.1, 0.15) is 41.9 Å². The molecule has 33 heavy (non-hydrogen) atoms. The molecule has 6 rings (SSSR count). The molecule has 2 unspecified atom stereocenters. The first-order chi connectivity index (χ1) is 16.0. The molecule has 0 radical (unpaired) electrons. The van der Waals surface area contributed by atoms with Crippen LogP contribution in [0.3, 0.4) is 0 Å². The van der Waals surface area contributed by atoms with Crippen molar-refractivity contribution < 1.29 is 13.2 Å². The molecule has 2 aromatic carbocycles. The molecule has 0 saturated heterocycles. The van der Waals surface area contributed by atoms with E-state index < -0.39 is 13.4 Å². The lowest BCUT2D eigenvalue weighted by atomic mass is 9.94. The predicted octanol–water partition coefficient (Wildman–Crippen LogP) is 6.23. The second-order valence-electron chi connectivity index (χ2n) is 9.28. The summed E-state index contributed by atoms with van der Waals surface area (Å²) in [6, 6.07) is 27.2. The third kappa shape index (κ3) is 2.73. The first-order valence-corrected chi connectivity index (χ1v) is 12.9. The van der Waals surface area contributed by atoms with E-state index in [0.717, 1.165) is 6.42 Å². The second kappa shape index (κ2) is 7.25. The van der Waals surface area contributed by atoms with Gasteiger partial charge < -0.3 is 4.74 Å². The van der Waals surface area contributed by atoms with Crippen LogP contribution < -0.4 is 8.50 Å². The van der Waals surface area contributed by atoms with E-state index >= 15 is 0 Å². The number of hydrogen-bond acceptors (Lipinski definition) is 1. The van der Waals surface area contributed by atoms with Gasteiger partial charge in [-0.3, -0.25) is 0 Å². The summed E-state index contributed by atoms with van der Waals surface area (Å²) in [6.07, 6.45) is 1.00. The summed E-state index contributed by atoms with van der Waals surface area (Å²) >= 11 is 0. The van der Waals surface area contributed by atoms with Crippen LogP contribution >= 0.6 is 7.84 Å². The molecule has 0 aliphatic carbocycles. The summed E-state index contributed by atoms with van der Waals surface area (Å²) in [5, 5.41) is 2.75. The minimum atomic E-state index is -0.819. The molecule has 0 fully saturated rings. The van der Waals surface area contributed by atoms with Crippen molar-refractivity contribution in [3.8, 4) is 11.3 Å². The Kier molecular flexibility index (Phi) is 4.52. The van der Waals surface area contributed by atoms with Gasteiger partial charge in [-0.15, -0.1) is 0 Å². The smallest absolute Gasteiger partial charge is 0.358 e. The topological polar surface area (TPSA) is 17.2 Å². The Morgan fingerprint density at radius 3 is 2.39 bits per heavy atom. The van der Waals surface area contributed by atoms with Crippen molar-refractivity contribution in [2.75, 3.05) is 7.11 Å². The fourth-order valence-electron chi connectivity index (χ4n) is 5.45. The van der Waals surface area contributed by atoms with E-state index in [4.69, 9.17) is 4.74 Å². The fraction of sp³-hybridized carbons (Fsp3) is 0.241. The monoisotopic (exact) mass is 452 g/mol. The number of aryl methyl sites for hydroxylation is 3. The summed E-state index contributed by atoms with van der Waals surface area (Å²) < 4.78 is 11.5. The van der Waals surface area contributed by atoms with Crippen LogP contribution in [0.15, 0.2) is 72.8 Å². The number of aromatic nitrogens is 2. The van der Waals surface area contributed by atoms with E-state index in [2.05, 4.69) is 109 Å². The maximum absolute atomic E-state index is 6.33. The highest BCUT2D eigenvalue weighted by atomic mass is 31.1. The summed E-state index contributed by atoms with van der Waals surface area (Å²) in [5.41, 5.74) is 9.72. The van der Waals surface area contributed by atoms with Crippen LogP contribution in [-0.2, 0) is 16.8 Å². The normalized spacial score (nSPS) is 17.5. The highest BCUT2D eigenvalue weighted by molar-refractivity contribution is 7.42. The average molecular weight is 453 g/mol. The Morgan fingerprint density at radius 2 is 1.61 bits per heavy atom. The van der Waals surface area contributed by atoms with Gasteiger partial charge in [-0.1, -0.05) is 44.8 Å². The van der Waals surface area contributed by atoms with Crippen molar-refractivity contribution in [1.82, 2.24) is 0 Å². The van der Waals surface area contributed by atoms with Gasteiger partial charge >= 0.3 is 7.84 Å². The second-order valence-corrected chi connectivity index (χ2v) is 11.1. The standard InChI is InChI=1S/C29H29N2OP/c1-6-21-15-13-19(2)17-22(21)24-9-7-11-27-29(4,32-5)28-12-8-10-25-23-18-20(3)14-16-26(23)33(30(24)27)31(25)28/h7-18H,6H2,1-5H3/q+2. The Bertz CT molecular complexity index is 1580. The Labute approximate surface area is 196 Å². The number of pyridine rings is 2. The Balaban J connectivity index is 1.86. The van der Waals surface area contributed by atoms with Gasteiger partial charge in [0.25, 0.3) is 0 Å². The number of ether oxygens (including phenoxy) is 1. The summed E-state index contributed by atoms with van der Waals surface area (Å²) in [5.74, 6) is 0. The molecule has 0 saturated carbocycles. The van der Waals surface area contributed by atoms with Gasteiger partial charge in [0.15, 0.2) is 0 Å². The number of methoxy groups -OCH3 is 1. The van der Waals surface area contributed by atoms with Crippen molar-refractivity contribution in [2.45, 2.75) is 39.7 Å². The molecular formula is C29H29N2OP+2. The van der Waals surface area contributed by atoms with Gasteiger partial charge in [0.1, 0.15) is 5.12 Å². The van der Waals surface area contributed by atoms with E-state index in [1.165, 1.54) is 55.4 Å². The zero-order valence-corrected chi connectivity index (χ0v) is 20.8. The van der Waals surface area contributed by atoms with Gasteiger partial charge in [-0.2, -0.15) is 0 Å². The van der Waals surface area contributed by atoms with Gasteiger partial charge in [-0.05, 0) is 63.1 Å². The third-order valence-corrected chi connectivity index (χ3v) is 9.70. The first kappa shape index (κ1) is 20.6. The lowest BCUT2D eigenvalue weighted by molar-refractivity contribution is -0.602. The van der Waals surface area contributed by atoms with Crippen LogP contribution in [0.5, 0.6) is 0 Å². The lowest BCUT2D eigenvalue weighted by Crippen LogP contribution is -2.54. The molecule has 164 valence electrons. The number of fused-ring (bicyclic) bond motifs is 5. The zero-order valence-electron chi connectivity index (χ0n) is 19.9. The van der Waals surface area contributed by atoms with Crippen LogP contribution in [0.4, 0.5) is 0 Å². The summed E-state index contributed by atoms with van der Waals surface area (Å²) in [7, 11) is 1.02. The number of nitrogens with zero attached hydrogens (tertiary/aromatic N) is 2. The molecular weight excluding hydrogens is 423 g/mol. The van der Waals surface area contributed by atoms with E-state index in [1.54, 1.807) is 0 Å². The lowest BCUT2D eigenvalue weighted by Gasteiger charge is -2.25. The number of rotatable bonds is 3. The van der Waals surface area contributed by atoms with Crippen LogP contribution in [-0.4, -0.2) is 7.11 Å². The zero-order chi connectivity index (χ0) is 22.9.